The van der Waals surface area contributed by atoms with Gasteiger partial charge in [0.25, 0.3) is 0 Å². The van der Waals surface area contributed by atoms with Gasteiger partial charge in [0.05, 0.1) is 15.6 Å². The molecule has 1 amide bonds. The third-order valence-electron chi connectivity index (χ3n) is 5.32. The lowest BCUT2D eigenvalue weighted by atomic mass is 10.2. The van der Waals surface area contributed by atoms with Crippen molar-refractivity contribution in [2.45, 2.75) is 19.8 Å². The highest BCUT2D eigenvalue weighted by Crippen LogP contribution is 2.32. The molecule has 0 saturated carbocycles. The monoisotopic (exact) mass is 437 g/mol. The van der Waals surface area contributed by atoms with Gasteiger partial charge in [-0.25, -0.2) is 4.98 Å². The molecular weight excluding hydrogens is 410 g/mol. The van der Waals surface area contributed by atoms with Crippen LogP contribution in [0.15, 0.2) is 53.9 Å². The summed E-state index contributed by atoms with van der Waals surface area (Å²) in [5.74, 6) is 0.262. The van der Waals surface area contributed by atoms with Crippen molar-refractivity contribution >= 4 is 34.7 Å². The number of aryl methyl sites for hydroxylation is 2. The van der Waals surface area contributed by atoms with Gasteiger partial charge in [0.2, 0.25) is 5.91 Å². The van der Waals surface area contributed by atoms with Gasteiger partial charge in [-0.1, -0.05) is 48.6 Å². The Balaban J connectivity index is 1.24. The minimum absolute atomic E-state index is 0.262. The molecule has 1 aliphatic rings. The number of hydrogen-bond donors (Lipinski definition) is 0. The molecule has 3 aromatic rings. The molecule has 4 nitrogen and oxygen atoms in total. The number of rotatable bonds is 7. The average molecular weight is 438 g/mol. The van der Waals surface area contributed by atoms with Gasteiger partial charge in [0.1, 0.15) is 0 Å². The van der Waals surface area contributed by atoms with E-state index in [9.17, 15) is 4.79 Å². The second-order valence-electron chi connectivity index (χ2n) is 7.48. The first-order valence-corrected chi connectivity index (χ1v) is 12.1. The van der Waals surface area contributed by atoms with Gasteiger partial charge in [-0.3, -0.25) is 9.69 Å². The van der Waals surface area contributed by atoms with Crippen molar-refractivity contribution in [1.82, 2.24) is 14.8 Å². The number of benzene rings is 1. The average Bonchev–Trinajstić information content (AvgIpc) is 3.43. The molecule has 156 valence electrons. The second-order valence-corrected chi connectivity index (χ2v) is 9.71. The molecule has 1 saturated heterocycles. The summed E-state index contributed by atoms with van der Waals surface area (Å²) in [6.07, 6.45) is 5.72. The molecule has 1 aliphatic heterocycles. The van der Waals surface area contributed by atoms with E-state index in [1.807, 2.05) is 17.9 Å². The number of amides is 1. The maximum atomic E-state index is 12.8. The summed E-state index contributed by atoms with van der Waals surface area (Å²) in [5.41, 5.74) is 2.29. The molecule has 0 spiro atoms. The van der Waals surface area contributed by atoms with Gasteiger partial charge < -0.3 is 4.90 Å². The van der Waals surface area contributed by atoms with Crippen molar-refractivity contribution in [1.29, 1.82) is 0 Å². The molecule has 0 N–H and O–H groups in total. The van der Waals surface area contributed by atoms with E-state index in [4.69, 9.17) is 4.98 Å². The third kappa shape index (κ3) is 5.45. The lowest BCUT2D eigenvalue weighted by Gasteiger charge is -2.34. The van der Waals surface area contributed by atoms with E-state index in [1.165, 1.54) is 15.3 Å². The van der Waals surface area contributed by atoms with Crippen molar-refractivity contribution < 1.29 is 4.79 Å². The van der Waals surface area contributed by atoms with E-state index in [-0.39, 0.29) is 5.91 Å². The van der Waals surface area contributed by atoms with Gasteiger partial charge in [-0.05, 0) is 30.4 Å². The second kappa shape index (κ2) is 10.2. The number of thiophene rings is 1. The Morgan fingerprint density at radius 3 is 2.63 bits per heavy atom. The molecule has 6 heteroatoms. The van der Waals surface area contributed by atoms with Crippen LogP contribution < -0.4 is 0 Å². The van der Waals surface area contributed by atoms with Crippen molar-refractivity contribution in [3.63, 3.8) is 0 Å². The summed E-state index contributed by atoms with van der Waals surface area (Å²) in [6.45, 7) is 6.48. The zero-order chi connectivity index (χ0) is 20.8. The Kier molecular flexibility index (Phi) is 7.10. The van der Waals surface area contributed by atoms with Crippen LogP contribution >= 0.6 is 22.7 Å². The SMILES string of the molecule is Cc1nc(-c2cccs2)c(CCC(=O)N2CCN(CC=Cc3ccccc3)CC2)s1. The van der Waals surface area contributed by atoms with Crippen LogP contribution in [0.25, 0.3) is 16.6 Å². The van der Waals surface area contributed by atoms with Gasteiger partial charge >= 0.3 is 0 Å². The number of thiazole rings is 1. The van der Waals surface area contributed by atoms with Crippen LogP contribution in [0, 0.1) is 6.92 Å². The standard InChI is InChI=1S/C24H27N3OS2/c1-19-25-24(21-10-6-18-29-21)22(30-19)11-12-23(28)27-16-14-26(15-17-27)13-5-9-20-7-3-2-4-8-20/h2-10,18H,11-17H2,1H3. The van der Waals surface area contributed by atoms with Crippen LogP contribution in [-0.2, 0) is 11.2 Å². The van der Waals surface area contributed by atoms with Crippen molar-refractivity contribution in [2.24, 2.45) is 0 Å². The normalized spacial score (nSPS) is 15.2. The van der Waals surface area contributed by atoms with Gasteiger partial charge in [-0.15, -0.1) is 22.7 Å². The molecule has 3 heterocycles. The van der Waals surface area contributed by atoms with E-state index in [0.717, 1.165) is 49.8 Å². The zero-order valence-corrected chi connectivity index (χ0v) is 18.9. The minimum atomic E-state index is 0.262. The van der Waals surface area contributed by atoms with Gasteiger partial charge in [0, 0.05) is 44.0 Å². The summed E-state index contributed by atoms with van der Waals surface area (Å²) < 4.78 is 0. The molecule has 0 unspecified atom stereocenters. The maximum Gasteiger partial charge on any atom is 0.223 e. The summed E-state index contributed by atoms with van der Waals surface area (Å²) in [5, 5.41) is 3.14. The van der Waals surface area contributed by atoms with Crippen LogP contribution in [0.5, 0.6) is 0 Å². The molecule has 0 radical (unpaired) electrons. The van der Waals surface area contributed by atoms with E-state index in [1.54, 1.807) is 22.7 Å². The molecule has 2 aromatic heterocycles. The predicted octanol–water partition coefficient (Wildman–Crippen LogP) is 4.97. The quantitative estimate of drug-likeness (QED) is 0.524. The summed E-state index contributed by atoms with van der Waals surface area (Å²) in [6, 6.07) is 14.5. The molecule has 0 bridgehead atoms. The van der Waals surface area contributed by atoms with Gasteiger partial charge in [0.15, 0.2) is 0 Å². The Bertz CT molecular complexity index is 971. The lowest BCUT2D eigenvalue weighted by Crippen LogP contribution is -2.48. The maximum absolute atomic E-state index is 12.8. The van der Waals surface area contributed by atoms with Gasteiger partial charge in [-0.2, -0.15) is 0 Å². The molecule has 0 aliphatic carbocycles. The highest BCUT2D eigenvalue weighted by Gasteiger charge is 2.21. The van der Waals surface area contributed by atoms with Crippen LogP contribution in [0.1, 0.15) is 21.9 Å². The highest BCUT2D eigenvalue weighted by atomic mass is 32.1. The first-order chi connectivity index (χ1) is 14.7. The van der Waals surface area contributed by atoms with Crippen LogP contribution in [0.3, 0.4) is 0 Å². The number of carbonyl (C=O) groups excluding carboxylic acids is 1. The number of carbonyl (C=O) groups is 1. The Morgan fingerprint density at radius 2 is 1.90 bits per heavy atom. The van der Waals surface area contributed by atoms with E-state index in [0.29, 0.717) is 6.42 Å². The van der Waals surface area contributed by atoms with Crippen LogP contribution in [-0.4, -0.2) is 53.4 Å². The molecular formula is C24H27N3OS2. The van der Waals surface area contributed by atoms with Crippen molar-refractivity contribution in [2.75, 3.05) is 32.7 Å². The molecule has 4 rings (SSSR count). The fourth-order valence-corrected chi connectivity index (χ4v) is 5.46. The van der Waals surface area contributed by atoms with E-state index < -0.39 is 0 Å². The zero-order valence-electron chi connectivity index (χ0n) is 17.3. The Labute approximate surface area is 186 Å². The van der Waals surface area contributed by atoms with E-state index in [2.05, 4.69) is 58.8 Å². The number of nitrogens with zero attached hydrogens (tertiary/aromatic N) is 3. The first kappa shape index (κ1) is 21.0. The smallest absolute Gasteiger partial charge is 0.223 e. The van der Waals surface area contributed by atoms with E-state index >= 15 is 0 Å². The summed E-state index contributed by atoms with van der Waals surface area (Å²) in [4.78, 5) is 24.3. The largest absolute Gasteiger partial charge is 0.340 e. The Hall–Kier alpha value is -2.28. The lowest BCUT2D eigenvalue weighted by molar-refractivity contribution is -0.132. The third-order valence-corrected chi connectivity index (χ3v) is 7.23. The topological polar surface area (TPSA) is 36.4 Å². The van der Waals surface area contributed by atoms with Crippen LogP contribution in [0.2, 0.25) is 0 Å². The first-order valence-electron chi connectivity index (χ1n) is 10.4. The summed E-state index contributed by atoms with van der Waals surface area (Å²) in [7, 11) is 0. The predicted molar refractivity (Wildman–Crippen MR) is 127 cm³/mol. The van der Waals surface area contributed by atoms with Crippen molar-refractivity contribution in [3.05, 3.63) is 69.4 Å². The van der Waals surface area contributed by atoms with Crippen molar-refractivity contribution in [3.8, 4) is 10.6 Å². The molecule has 1 aromatic carbocycles. The fourth-order valence-electron chi connectivity index (χ4n) is 3.70. The molecule has 30 heavy (non-hydrogen) atoms. The number of aromatic nitrogens is 1. The summed E-state index contributed by atoms with van der Waals surface area (Å²) >= 11 is 3.43. The molecule has 1 fully saturated rings. The number of hydrogen-bond acceptors (Lipinski definition) is 5. The minimum Gasteiger partial charge on any atom is -0.340 e. The van der Waals surface area contributed by atoms with Crippen LogP contribution in [0.4, 0.5) is 0 Å². The Morgan fingerprint density at radius 1 is 1.10 bits per heavy atom. The number of piperazine rings is 1. The molecule has 0 atom stereocenters. The highest BCUT2D eigenvalue weighted by molar-refractivity contribution is 7.15. The fraction of sp³-hybridized carbons (Fsp3) is 0.333.